The molecule has 21 heavy (non-hydrogen) atoms. The van der Waals surface area contributed by atoms with Gasteiger partial charge in [0.15, 0.2) is 0 Å². The molecule has 0 aromatic heterocycles. The fourth-order valence-electron chi connectivity index (χ4n) is 3.07. The van der Waals surface area contributed by atoms with Gasteiger partial charge in [-0.25, -0.2) is 0 Å². The number of hydrogen-bond donors (Lipinski definition) is 2. The highest BCUT2D eigenvalue weighted by atomic mass is 16.5. The molecule has 0 aromatic carbocycles. The van der Waals surface area contributed by atoms with Gasteiger partial charge in [0.1, 0.15) is 6.04 Å². The summed E-state index contributed by atoms with van der Waals surface area (Å²) in [6.45, 7) is 4.13. The highest BCUT2D eigenvalue weighted by molar-refractivity contribution is 5.87. The minimum atomic E-state index is -0.457. The molecule has 120 valence electrons. The Balaban J connectivity index is 1.72. The Morgan fingerprint density at radius 2 is 1.86 bits per heavy atom. The number of morpholine rings is 1. The highest BCUT2D eigenvalue weighted by Gasteiger charge is 2.25. The van der Waals surface area contributed by atoms with E-state index in [1.807, 2.05) is 0 Å². The third kappa shape index (κ3) is 4.97. The summed E-state index contributed by atoms with van der Waals surface area (Å²) in [5.41, 5.74) is 5.87. The lowest BCUT2D eigenvalue weighted by molar-refractivity contribution is -0.139. The SMILES string of the molecule is CC(NC(=O)CC1CCC(N)CC1)C(=O)N1CCOCC1. The molecule has 6 nitrogen and oxygen atoms in total. The summed E-state index contributed by atoms with van der Waals surface area (Å²) in [6, 6.07) is -0.160. The number of rotatable bonds is 4. The van der Waals surface area contributed by atoms with E-state index in [1.165, 1.54) is 0 Å². The van der Waals surface area contributed by atoms with E-state index in [4.69, 9.17) is 10.5 Å². The monoisotopic (exact) mass is 297 g/mol. The summed E-state index contributed by atoms with van der Waals surface area (Å²) in [4.78, 5) is 26.0. The van der Waals surface area contributed by atoms with Crippen LogP contribution in [0.15, 0.2) is 0 Å². The lowest BCUT2D eigenvalue weighted by Gasteiger charge is -2.30. The van der Waals surface area contributed by atoms with Crippen molar-refractivity contribution in [2.45, 2.75) is 51.1 Å². The molecule has 0 spiro atoms. The summed E-state index contributed by atoms with van der Waals surface area (Å²) in [5.74, 6) is 0.373. The number of hydrogen-bond acceptors (Lipinski definition) is 4. The second-order valence-corrected chi connectivity index (χ2v) is 6.21. The van der Waals surface area contributed by atoms with E-state index < -0.39 is 6.04 Å². The Hall–Kier alpha value is -1.14. The second-order valence-electron chi connectivity index (χ2n) is 6.21. The standard InChI is InChI=1S/C15H27N3O3/c1-11(15(20)18-6-8-21-9-7-18)17-14(19)10-12-2-4-13(16)5-3-12/h11-13H,2-10,16H2,1H3,(H,17,19). The summed E-state index contributed by atoms with van der Waals surface area (Å²) in [5, 5.41) is 2.83. The van der Waals surface area contributed by atoms with Crippen LogP contribution in [0.1, 0.15) is 39.0 Å². The number of carbonyl (C=O) groups is 2. The molecule has 0 bridgehead atoms. The lowest BCUT2D eigenvalue weighted by atomic mass is 9.84. The van der Waals surface area contributed by atoms with Crippen molar-refractivity contribution >= 4 is 11.8 Å². The predicted molar refractivity (Wildman–Crippen MR) is 79.6 cm³/mol. The quantitative estimate of drug-likeness (QED) is 0.779. The molecule has 6 heteroatoms. The van der Waals surface area contributed by atoms with Crippen LogP contribution in [0.5, 0.6) is 0 Å². The first-order valence-electron chi connectivity index (χ1n) is 7.97. The van der Waals surface area contributed by atoms with E-state index in [1.54, 1.807) is 11.8 Å². The number of carbonyl (C=O) groups excluding carboxylic acids is 2. The first kappa shape index (κ1) is 16.2. The molecule has 1 aliphatic heterocycles. The molecule has 2 fully saturated rings. The van der Waals surface area contributed by atoms with Crippen LogP contribution in [-0.2, 0) is 14.3 Å². The number of ether oxygens (including phenoxy) is 1. The van der Waals surface area contributed by atoms with Crippen molar-refractivity contribution in [3.05, 3.63) is 0 Å². The molecule has 2 rings (SSSR count). The van der Waals surface area contributed by atoms with Gasteiger partial charge >= 0.3 is 0 Å². The Morgan fingerprint density at radius 1 is 1.24 bits per heavy atom. The van der Waals surface area contributed by atoms with Crippen LogP contribution in [0, 0.1) is 5.92 Å². The first-order valence-corrected chi connectivity index (χ1v) is 7.97. The maximum Gasteiger partial charge on any atom is 0.245 e. The van der Waals surface area contributed by atoms with E-state index in [2.05, 4.69) is 5.32 Å². The molecule has 1 unspecified atom stereocenters. The summed E-state index contributed by atoms with van der Waals surface area (Å²) in [7, 11) is 0. The molecular weight excluding hydrogens is 270 g/mol. The minimum Gasteiger partial charge on any atom is -0.378 e. The zero-order chi connectivity index (χ0) is 15.2. The van der Waals surface area contributed by atoms with E-state index >= 15 is 0 Å². The average Bonchev–Trinajstić information content (AvgIpc) is 2.49. The summed E-state index contributed by atoms with van der Waals surface area (Å²) < 4.78 is 5.23. The molecule has 1 atom stereocenters. The predicted octanol–water partition coefficient (Wildman–Crippen LogP) is 0.258. The molecule has 3 N–H and O–H groups in total. The van der Waals surface area contributed by atoms with Gasteiger partial charge in [0, 0.05) is 25.6 Å². The van der Waals surface area contributed by atoms with E-state index in [-0.39, 0.29) is 11.8 Å². The van der Waals surface area contributed by atoms with Gasteiger partial charge in [-0.1, -0.05) is 0 Å². The molecule has 1 saturated carbocycles. The van der Waals surface area contributed by atoms with Crippen molar-refractivity contribution in [2.24, 2.45) is 11.7 Å². The molecule has 2 amide bonds. The lowest BCUT2D eigenvalue weighted by Crippen LogP contribution is -2.50. The molecule has 1 aliphatic carbocycles. The first-order chi connectivity index (χ1) is 10.1. The Bertz CT molecular complexity index is 361. The van der Waals surface area contributed by atoms with Crippen molar-refractivity contribution in [3.8, 4) is 0 Å². The van der Waals surface area contributed by atoms with Crippen molar-refractivity contribution in [2.75, 3.05) is 26.3 Å². The Morgan fingerprint density at radius 3 is 2.48 bits per heavy atom. The zero-order valence-corrected chi connectivity index (χ0v) is 12.8. The van der Waals surface area contributed by atoms with Gasteiger partial charge in [-0.15, -0.1) is 0 Å². The van der Waals surface area contributed by atoms with Gasteiger partial charge in [0.2, 0.25) is 11.8 Å². The Kier molecular flexibility index (Phi) is 5.99. The smallest absolute Gasteiger partial charge is 0.245 e. The van der Waals surface area contributed by atoms with Gasteiger partial charge < -0.3 is 20.7 Å². The third-order valence-corrected chi connectivity index (χ3v) is 4.44. The minimum absolute atomic E-state index is 0.0164. The normalized spacial score (nSPS) is 28.0. The van der Waals surface area contributed by atoms with Gasteiger partial charge in [-0.05, 0) is 38.5 Å². The molecule has 0 aromatic rings. The van der Waals surface area contributed by atoms with Crippen LogP contribution in [0.2, 0.25) is 0 Å². The molecule has 0 radical (unpaired) electrons. The number of amides is 2. The maximum absolute atomic E-state index is 12.2. The largest absolute Gasteiger partial charge is 0.378 e. The highest BCUT2D eigenvalue weighted by Crippen LogP contribution is 2.25. The molecule has 2 aliphatic rings. The molecule has 1 heterocycles. The van der Waals surface area contributed by atoms with E-state index in [0.717, 1.165) is 25.7 Å². The van der Waals surface area contributed by atoms with Crippen molar-refractivity contribution in [3.63, 3.8) is 0 Å². The van der Waals surface area contributed by atoms with Gasteiger partial charge in [-0.3, -0.25) is 9.59 Å². The van der Waals surface area contributed by atoms with Crippen LogP contribution in [-0.4, -0.2) is 55.1 Å². The van der Waals surface area contributed by atoms with Crippen LogP contribution in [0.25, 0.3) is 0 Å². The van der Waals surface area contributed by atoms with Gasteiger partial charge in [0.05, 0.1) is 13.2 Å². The molecule has 1 saturated heterocycles. The number of nitrogens with two attached hydrogens (primary N) is 1. The average molecular weight is 297 g/mol. The van der Waals surface area contributed by atoms with Crippen LogP contribution in [0.4, 0.5) is 0 Å². The maximum atomic E-state index is 12.2. The third-order valence-electron chi connectivity index (χ3n) is 4.44. The van der Waals surface area contributed by atoms with Gasteiger partial charge in [0.25, 0.3) is 0 Å². The topological polar surface area (TPSA) is 84.7 Å². The summed E-state index contributed by atoms with van der Waals surface area (Å²) in [6.07, 6.45) is 4.54. The van der Waals surface area contributed by atoms with Gasteiger partial charge in [-0.2, -0.15) is 0 Å². The van der Waals surface area contributed by atoms with Crippen molar-refractivity contribution in [1.29, 1.82) is 0 Å². The van der Waals surface area contributed by atoms with E-state index in [9.17, 15) is 9.59 Å². The van der Waals surface area contributed by atoms with Crippen LogP contribution >= 0.6 is 0 Å². The molecular formula is C15H27N3O3. The Labute approximate surface area is 126 Å². The summed E-state index contributed by atoms with van der Waals surface area (Å²) >= 11 is 0. The van der Waals surface area contributed by atoms with Crippen molar-refractivity contribution < 1.29 is 14.3 Å². The zero-order valence-electron chi connectivity index (χ0n) is 12.8. The fourth-order valence-corrected chi connectivity index (χ4v) is 3.07. The number of nitrogens with zero attached hydrogens (tertiary/aromatic N) is 1. The van der Waals surface area contributed by atoms with E-state index in [0.29, 0.717) is 44.7 Å². The fraction of sp³-hybridized carbons (Fsp3) is 0.867. The number of nitrogens with one attached hydrogen (secondary N) is 1. The second kappa shape index (κ2) is 7.75. The van der Waals surface area contributed by atoms with Crippen LogP contribution in [0.3, 0.4) is 0 Å². The van der Waals surface area contributed by atoms with Crippen LogP contribution < -0.4 is 11.1 Å². The van der Waals surface area contributed by atoms with Crippen molar-refractivity contribution in [1.82, 2.24) is 10.2 Å².